The predicted octanol–water partition coefficient (Wildman–Crippen LogP) is 3.79. The summed E-state index contributed by atoms with van der Waals surface area (Å²) < 4.78 is 0. The van der Waals surface area contributed by atoms with Crippen molar-refractivity contribution in [3.05, 3.63) is 70.8 Å². The summed E-state index contributed by atoms with van der Waals surface area (Å²) in [6.45, 7) is 10.1. The first-order valence-electron chi connectivity index (χ1n) is 9.48. The first-order chi connectivity index (χ1) is 12.8. The van der Waals surface area contributed by atoms with Crippen LogP contribution in [0.4, 0.5) is 0 Å². The fourth-order valence-electron chi connectivity index (χ4n) is 2.94. The fourth-order valence-corrected chi connectivity index (χ4v) is 2.94. The molecule has 0 spiro atoms. The molecule has 0 aromatic heterocycles. The summed E-state index contributed by atoms with van der Waals surface area (Å²) in [5, 5.41) is 2.92. The Hall–Kier alpha value is -2.62. The first kappa shape index (κ1) is 20.7. The van der Waals surface area contributed by atoms with Crippen molar-refractivity contribution < 1.29 is 9.59 Å². The summed E-state index contributed by atoms with van der Waals surface area (Å²) in [5.74, 6) is -0.177. The van der Waals surface area contributed by atoms with Gasteiger partial charge in [-0.2, -0.15) is 0 Å². The minimum Gasteiger partial charge on any atom is -0.352 e. The molecule has 0 fully saturated rings. The first-order valence-corrected chi connectivity index (χ1v) is 9.48. The summed E-state index contributed by atoms with van der Waals surface area (Å²) >= 11 is 0. The van der Waals surface area contributed by atoms with Crippen LogP contribution >= 0.6 is 0 Å². The van der Waals surface area contributed by atoms with E-state index in [1.54, 1.807) is 11.8 Å². The number of nitrogens with one attached hydrogen (secondary N) is 1. The van der Waals surface area contributed by atoms with Gasteiger partial charge in [-0.3, -0.25) is 9.59 Å². The van der Waals surface area contributed by atoms with Crippen molar-refractivity contribution in [3.8, 4) is 0 Å². The second kappa shape index (κ2) is 9.36. The zero-order valence-corrected chi connectivity index (χ0v) is 17.0. The minimum atomic E-state index is -0.537. The summed E-state index contributed by atoms with van der Waals surface area (Å²) in [6.07, 6.45) is 0.283. The van der Waals surface area contributed by atoms with Gasteiger partial charge >= 0.3 is 0 Å². The maximum absolute atomic E-state index is 13.1. The zero-order valence-electron chi connectivity index (χ0n) is 17.0. The Morgan fingerprint density at radius 1 is 0.963 bits per heavy atom. The molecule has 2 rings (SSSR count). The van der Waals surface area contributed by atoms with Crippen LogP contribution in [-0.4, -0.2) is 28.8 Å². The highest BCUT2D eigenvalue weighted by Gasteiger charge is 2.26. The molecule has 0 radical (unpaired) electrons. The van der Waals surface area contributed by atoms with Gasteiger partial charge in [0, 0.05) is 12.6 Å². The van der Waals surface area contributed by atoms with Crippen molar-refractivity contribution in [2.75, 3.05) is 0 Å². The molecule has 0 saturated heterocycles. The number of amides is 2. The Morgan fingerprint density at radius 3 is 2.19 bits per heavy atom. The van der Waals surface area contributed by atoms with Crippen LogP contribution in [0.25, 0.3) is 0 Å². The minimum absolute atomic E-state index is 0.0347. The standard InChI is InChI=1S/C23H30N2O2/c1-16(2)24-23(27)19(5)25(15-21-9-7-6-8-18(21)4)22(26)14-20-12-10-17(3)11-13-20/h6-13,16,19H,14-15H2,1-5H3,(H,24,27). The Labute approximate surface area is 162 Å². The number of hydrogen-bond acceptors (Lipinski definition) is 2. The van der Waals surface area contributed by atoms with E-state index < -0.39 is 6.04 Å². The summed E-state index contributed by atoms with van der Waals surface area (Å²) in [7, 11) is 0. The summed E-state index contributed by atoms with van der Waals surface area (Å²) in [4.78, 5) is 27.3. The Bertz CT molecular complexity index is 781. The molecule has 1 N–H and O–H groups in total. The van der Waals surface area contributed by atoms with E-state index in [1.807, 2.05) is 76.2 Å². The molecule has 1 unspecified atom stereocenters. The van der Waals surface area contributed by atoms with Gasteiger partial charge in [-0.15, -0.1) is 0 Å². The molecule has 2 aromatic rings. The van der Waals surface area contributed by atoms with Crippen molar-refractivity contribution in [1.29, 1.82) is 0 Å². The van der Waals surface area contributed by atoms with E-state index in [0.29, 0.717) is 6.54 Å². The van der Waals surface area contributed by atoms with Crippen LogP contribution in [0.15, 0.2) is 48.5 Å². The molecular formula is C23H30N2O2. The van der Waals surface area contributed by atoms with E-state index in [4.69, 9.17) is 0 Å². The van der Waals surface area contributed by atoms with Gasteiger partial charge in [0.2, 0.25) is 11.8 Å². The number of benzene rings is 2. The van der Waals surface area contributed by atoms with Crippen LogP contribution in [0.3, 0.4) is 0 Å². The SMILES string of the molecule is Cc1ccc(CC(=O)N(Cc2ccccc2C)C(C)C(=O)NC(C)C)cc1. The topological polar surface area (TPSA) is 49.4 Å². The second-order valence-electron chi connectivity index (χ2n) is 7.45. The second-order valence-corrected chi connectivity index (χ2v) is 7.45. The Morgan fingerprint density at radius 2 is 1.59 bits per heavy atom. The number of hydrogen-bond donors (Lipinski definition) is 1. The number of carbonyl (C=O) groups is 2. The van der Waals surface area contributed by atoms with Crippen LogP contribution in [0.5, 0.6) is 0 Å². The lowest BCUT2D eigenvalue weighted by Gasteiger charge is -2.30. The maximum atomic E-state index is 13.1. The van der Waals surface area contributed by atoms with Crippen LogP contribution < -0.4 is 5.32 Å². The molecule has 0 aliphatic rings. The predicted molar refractivity (Wildman–Crippen MR) is 109 cm³/mol. The smallest absolute Gasteiger partial charge is 0.242 e. The third kappa shape index (κ3) is 5.95. The monoisotopic (exact) mass is 366 g/mol. The summed E-state index contributed by atoms with van der Waals surface area (Å²) in [5.41, 5.74) is 4.28. The van der Waals surface area contributed by atoms with E-state index in [0.717, 1.165) is 22.3 Å². The largest absolute Gasteiger partial charge is 0.352 e. The lowest BCUT2D eigenvalue weighted by atomic mass is 10.1. The molecule has 27 heavy (non-hydrogen) atoms. The zero-order chi connectivity index (χ0) is 20.0. The third-order valence-electron chi connectivity index (χ3n) is 4.68. The molecule has 144 valence electrons. The molecule has 0 heterocycles. The van der Waals surface area contributed by atoms with E-state index in [-0.39, 0.29) is 24.3 Å². The maximum Gasteiger partial charge on any atom is 0.242 e. The molecule has 1 atom stereocenters. The Balaban J connectivity index is 2.24. The molecule has 0 aliphatic carbocycles. The quantitative estimate of drug-likeness (QED) is 0.810. The average Bonchev–Trinajstić information content (AvgIpc) is 2.61. The van der Waals surface area contributed by atoms with Gasteiger partial charge in [-0.25, -0.2) is 0 Å². The molecule has 4 heteroatoms. The molecule has 0 saturated carbocycles. The van der Waals surface area contributed by atoms with Crippen molar-refractivity contribution in [3.63, 3.8) is 0 Å². The lowest BCUT2D eigenvalue weighted by molar-refractivity contribution is -0.140. The number of nitrogens with zero attached hydrogens (tertiary/aromatic N) is 1. The van der Waals surface area contributed by atoms with Crippen molar-refractivity contribution in [2.45, 2.75) is 59.7 Å². The number of aryl methyl sites for hydroxylation is 2. The van der Waals surface area contributed by atoms with Gasteiger partial charge in [-0.05, 0) is 51.3 Å². The molecule has 0 bridgehead atoms. The van der Waals surface area contributed by atoms with Gasteiger partial charge in [0.15, 0.2) is 0 Å². The van der Waals surface area contributed by atoms with Gasteiger partial charge in [0.25, 0.3) is 0 Å². The van der Waals surface area contributed by atoms with Gasteiger partial charge in [0.1, 0.15) is 6.04 Å². The molecular weight excluding hydrogens is 336 g/mol. The van der Waals surface area contributed by atoms with Crippen molar-refractivity contribution in [1.82, 2.24) is 10.2 Å². The Kier molecular flexibility index (Phi) is 7.17. The fraction of sp³-hybridized carbons (Fsp3) is 0.391. The van der Waals surface area contributed by atoms with Gasteiger partial charge in [0.05, 0.1) is 6.42 Å². The van der Waals surface area contributed by atoms with Crippen LogP contribution in [0.2, 0.25) is 0 Å². The van der Waals surface area contributed by atoms with Gasteiger partial charge in [-0.1, -0.05) is 54.1 Å². The van der Waals surface area contributed by atoms with Gasteiger partial charge < -0.3 is 10.2 Å². The van der Waals surface area contributed by atoms with Crippen molar-refractivity contribution >= 4 is 11.8 Å². The van der Waals surface area contributed by atoms with Crippen LogP contribution in [0, 0.1) is 13.8 Å². The third-order valence-corrected chi connectivity index (χ3v) is 4.68. The van der Waals surface area contributed by atoms with Crippen LogP contribution in [-0.2, 0) is 22.6 Å². The number of carbonyl (C=O) groups excluding carboxylic acids is 2. The summed E-state index contributed by atoms with van der Waals surface area (Å²) in [6, 6.07) is 15.4. The number of rotatable bonds is 7. The molecule has 4 nitrogen and oxygen atoms in total. The van der Waals surface area contributed by atoms with E-state index in [2.05, 4.69) is 5.32 Å². The van der Waals surface area contributed by atoms with E-state index in [9.17, 15) is 9.59 Å². The molecule has 2 amide bonds. The highest BCUT2D eigenvalue weighted by molar-refractivity contribution is 5.88. The van der Waals surface area contributed by atoms with E-state index >= 15 is 0 Å². The normalized spacial score (nSPS) is 11.9. The highest BCUT2D eigenvalue weighted by atomic mass is 16.2. The van der Waals surface area contributed by atoms with Crippen molar-refractivity contribution in [2.24, 2.45) is 0 Å². The van der Waals surface area contributed by atoms with Crippen LogP contribution in [0.1, 0.15) is 43.0 Å². The average molecular weight is 367 g/mol. The lowest BCUT2D eigenvalue weighted by Crippen LogP contribution is -2.49. The molecule has 0 aliphatic heterocycles. The molecule has 2 aromatic carbocycles. The highest BCUT2D eigenvalue weighted by Crippen LogP contribution is 2.15. The van der Waals surface area contributed by atoms with E-state index in [1.165, 1.54) is 0 Å².